The topological polar surface area (TPSA) is 49.8 Å². The number of hydrogen-bond acceptors (Lipinski definition) is 3. The summed E-state index contributed by atoms with van der Waals surface area (Å²) in [6, 6.07) is 16.7. The van der Waals surface area contributed by atoms with E-state index in [1.807, 2.05) is 12.1 Å². The number of carbonyl (C=O) groups is 1. The van der Waals surface area contributed by atoms with Crippen molar-refractivity contribution < 1.29 is 14.6 Å². The number of rotatable bonds is 2. The molecule has 2 fully saturated rings. The standard InChI is InChI=1S/C23H25NO3/c25-16-12-23(10-5-11-23)15-24(13-16)22(26)27-14-21-19-8-3-1-6-17(19)18-7-2-4-9-20(18)21/h1-4,6-9,16,21,25H,5,10-15H2. The number of fused-ring (bicyclic) bond motifs is 3. The molecule has 0 bridgehead atoms. The Morgan fingerprint density at radius 1 is 1.07 bits per heavy atom. The van der Waals surface area contributed by atoms with Crippen LogP contribution in [0.1, 0.15) is 42.7 Å². The minimum atomic E-state index is -0.431. The van der Waals surface area contributed by atoms with Crippen LogP contribution in [0.5, 0.6) is 0 Å². The summed E-state index contributed by atoms with van der Waals surface area (Å²) in [5.74, 6) is 0.0775. The average molecular weight is 363 g/mol. The van der Waals surface area contributed by atoms with Crippen LogP contribution in [0.4, 0.5) is 4.79 Å². The van der Waals surface area contributed by atoms with Crippen LogP contribution in [0.25, 0.3) is 11.1 Å². The van der Waals surface area contributed by atoms with E-state index in [1.165, 1.54) is 28.7 Å². The smallest absolute Gasteiger partial charge is 0.409 e. The SMILES string of the molecule is O=C(OCC1c2ccccc2-c2ccccc21)N1CC(O)CC2(CCC2)C1. The Balaban J connectivity index is 1.32. The number of piperidine rings is 1. The zero-order chi connectivity index (χ0) is 18.4. The third-order valence-corrected chi connectivity index (χ3v) is 6.63. The Kier molecular flexibility index (Phi) is 3.97. The van der Waals surface area contributed by atoms with Crippen molar-refractivity contribution in [2.45, 2.75) is 37.7 Å². The fourth-order valence-electron chi connectivity index (χ4n) is 5.22. The van der Waals surface area contributed by atoms with Crippen LogP contribution in [-0.2, 0) is 4.74 Å². The molecular weight excluding hydrogens is 338 g/mol. The number of carbonyl (C=O) groups excluding carboxylic acids is 1. The van der Waals surface area contributed by atoms with Crippen molar-refractivity contribution in [3.05, 3.63) is 59.7 Å². The molecule has 1 atom stereocenters. The molecular formula is C23H25NO3. The van der Waals surface area contributed by atoms with Gasteiger partial charge in [0.25, 0.3) is 0 Å². The van der Waals surface area contributed by atoms with Crippen molar-refractivity contribution in [1.82, 2.24) is 4.90 Å². The molecule has 0 radical (unpaired) electrons. The molecule has 1 aliphatic heterocycles. The lowest BCUT2D eigenvalue weighted by Gasteiger charge is -2.50. The maximum absolute atomic E-state index is 12.7. The van der Waals surface area contributed by atoms with Crippen LogP contribution >= 0.6 is 0 Å². The molecule has 2 aromatic rings. The number of benzene rings is 2. The molecule has 4 heteroatoms. The molecule has 1 unspecified atom stereocenters. The third-order valence-electron chi connectivity index (χ3n) is 6.63. The van der Waals surface area contributed by atoms with Gasteiger partial charge in [-0.15, -0.1) is 0 Å². The van der Waals surface area contributed by atoms with Crippen LogP contribution in [0.15, 0.2) is 48.5 Å². The number of nitrogens with zero attached hydrogens (tertiary/aromatic N) is 1. The van der Waals surface area contributed by atoms with Crippen molar-refractivity contribution in [3.63, 3.8) is 0 Å². The highest BCUT2D eigenvalue weighted by Gasteiger charge is 2.45. The van der Waals surface area contributed by atoms with Gasteiger partial charge >= 0.3 is 6.09 Å². The van der Waals surface area contributed by atoms with E-state index in [4.69, 9.17) is 4.74 Å². The number of ether oxygens (including phenoxy) is 1. The van der Waals surface area contributed by atoms with Gasteiger partial charge in [0.2, 0.25) is 0 Å². The highest BCUT2D eigenvalue weighted by atomic mass is 16.6. The van der Waals surface area contributed by atoms with Crippen LogP contribution in [-0.4, -0.2) is 41.9 Å². The van der Waals surface area contributed by atoms with Crippen molar-refractivity contribution >= 4 is 6.09 Å². The van der Waals surface area contributed by atoms with Crippen molar-refractivity contribution in [2.24, 2.45) is 5.41 Å². The second-order valence-electron chi connectivity index (χ2n) is 8.40. The van der Waals surface area contributed by atoms with E-state index >= 15 is 0 Å². The number of hydrogen-bond donors (Lipinski definition) is 1. The van der Waals surface area contributed by atoms with E-state index in [-0.39, 0.29) is 17.4 Å². The summed E-state index contributed by atoms with van der Waals surface area (Å²) in [4.78, 5) is 14.5. The molecule has 1 spiro atoms. The zero-order valence-corrected chi connectivity index (χ0v) is 15.4. The fraction of sp³-hybridized carbons (Fsp3) is 0.435. The Labute approximate surface area is 159 Å². The van der Waals surface area contributed by atoms with Crippen molar-refractivity contribution in [3.8, 4) is 11.1 Å². The molecule has 2 aliphatic carbocycles. The number of aliphatic hydroxyl groups is 1. The zero-order valence-electron chi connectivity index (χ0n) is 15.4. The van der Waals surface area contributed by atoms with Gasteiger partial charge < -0.3 is 14.7 Å². The molecule has 3 aliphatic rings. The Morgan fingerprint density at radius 2 is 1.70 bits per heavy atom. The van der Waals surface area contributed by atoms with E-state index < -0.39 is 6.10 Å². The molecule has 1 saturated carbocycles. The monoisotopic (exact) mass is 363 g/mol. The van der Waals surface area contributed by atoms with Crippen LogP contribution < -0.4 is 0 Å². The highest BCUT2D eigenvalue weighted by molar-refractivity contribution is 5.79. The predicted octanol–water partition coefficient (Wildman–Crippen LogP) is 4.17. The van der Waals surface area contributed by atoms with Gasteiger partial charge in [0, 0.05) is 19.0 Å². The van der Waals surface area contributed by atoms with Crippen LogP contribution in [0.2, 0.25) is 0 Å². The Morgan fingerprint density at radius 3 is 2.30 bits per heavy atom. The molecule has 1 N–H and O–H groups in total. The van der Waals surface area contributed by atoms with Crippen molar-refractivity contribution in [2.75, 3.05) is 19.7 Å². The maximum atomic E-state index is 12.7. The summed E-state index contributed by atoms with van der Waals surface area (Å²) in [7, 11) is 0. The van der Waals surface area contributed by atoms with Gasteiger partial charge in [0.1, 0.15) is 6.61 Å². The molecule has 140 valence electrons. The largest absolute Gasteiger partial charge is 0.448 e. The number of β-amino-alcohol motifs (C(OH)–C–C–N with tert-alkyl or cyclic N) is 1. The quantitative estimate of drug-likeness (QED) is 0.871. The second kappa shape index (κ2) is 6.38. The molecule has 1 amide bonds. The molecule has 1 saturated heterocycles. The van der Waals surface area contributed by atoms with E-state index in [9.17, 15) is 9.90 Å². The summed E-state index contributed by atoms with van der Waals surface area (Å²) >= 11 is 0. The van der Waals surface area contributed by atoms with Crippen molar-refractivity contribution in [1.29, 1.82) is 0 Å². The van der Waals surface area contributed by atoms with Gasteiger partial charge in [-0.1, -0.05) is 55.0 Å². The minimum absolute atomic E-state index is 0.0775. The van der Waals surface area contributed by atoms with E-state index in [1.54, 1.807) is 4.90 Å². The second-order valence-corrected chi connectivity index (χ2v) is 8.40. The lowest BCUT2D eigenvalue weighted by Crippen LogP contribution is -2.54. The molecule has 27 heavy (non-hydrogen) atoms. The molecule has 5 rings (SSSR count). The first kappa shape index (κ1) is 16.8. The molecule has 1 heterocycles. The molecule has 4 nitrogen and oxygen atoms in total. The first-order valence-electron chi connectivity index (χ1n) is 9.93. The average Bonchev–Trinajstić information content (AvgIpc) is 2.98. The maximum Gasteiger partial charge on any atom is 0.409 e. The Bertz CT molecular complexity index is 828. The summed E-state index contributed by atoms with van der Waals surface area (Å²) in [5, 5.41) is 10.2. The number of aliphatic hydroxyl groups excluding tert-OH is 1. The van der Waals surface area contributed by atoms with E-state index in [0.29, 0.717) is 13.2 Å². The van der Waals surface area contributed by atoms with Gasteiger partial charge in [-0.25, -0.2) is 4.79 Å². The summed E-state index contributed by atoms with van der Waals surface area (Å²) in [5.41, 5.74) is 5.04. The highest BCUT2D eigenvalue weighted by Crippen LogP contribution is 2.48. The van der Waals surface area contributed by atoms with Gasteiger partial charge in [0.05, 0.1) is 6.10 Å². The lowest BCUT2D eigenvalue weighted by molar-refractivity contribution is -0.0466. The fourth-order valence-corrected chi connectivity index (χ4v) is 5.22. The lowest BCUT2D eigenvalue weighted by atomic mass is 9.64. The first-order chi connectivity index (χ1) is 13.2. The van der Waals surface area contributed by atoms with E-state index in [2.05, 4.69) is 36.4 Å². The molecule has 0 aromatic heterocycles. The summed E-state index contributed by atoms with van der Waals surface area (Å²) in [6.07, 6.45) is 3.52. The van der Waals surface area contributed by atoms with Crippen LogP contribution in [0, 0.1) is 5.41 Å². The number of amides is 1. The summed E-state index contributed by atoms with van der Waals surface area (Å²) < 4.78 is 5.77. The van der Waals surface area contributed by atoms with E-state index in [0.717, 1.165) is 25.8 Å². The van der Waals surface area contributed by atoms with Gasteiger partial charge in [-0.2, -0.15) is 0 Å². The third kappa shape index (κ3) is 2.83. The Hall–Kier alpha value is -2.33. The minimum Gasteiger partial charge on any atom is -0.448 e. The van der Waals surface area contributed by atoms with Gasteiger partial charge in [0.15, 0.2) is 0 Å². The normalized spacial score (nSPS) is 22.9. The summed E-state index contributed by atoms with van der Waals surface area (Å²) in [6.45, 7) is 1.45. The van der Waals surface area contributed by atoms with Gasteiger partial charge in [-0.05, 0) is 46.9 Å². The predicted molar refractivity (Wildman–Crippen MR) is 104 cm³/mol. The first-order valence-corrected chi connectivity index (χ1v) is 9.93. The number of likely N-dealkylation sites (tertiary alicyclic amines) is 1. The van der Waals surface area contributed by atoms with Gasteiger partial charge in [-0.3, -0.25) is 0 Å². The molecule has 2 aromatic carbocycles. The van der Waals surface area contributed by atoms with Crippen LogP contribution in [0.3, 0.4) is 0 Å².